The Morgan fingerprint density at radius 2 is 1.65 bits per heavy atom. The summed E-state index contributed by atoms with van der Waals surface area (Å²) in [4.78, 5) is 13.7. The van der Waals surface area contributed by atoms with E-state index in [4.69, 9.17) is 0 Å². The van der Waals surface area contributed by atoms with Crippen molar-refractivity contribution in [2.24, 2.45) is 5.41 Å². The summed E-state index contributed by atoms with van der Waals surface area (Å²) in [6.45, 7) is 12.6. The first-order valence-corrected chi connectivity index (χ1v) is 6.18. The van der Waals surface area contributed by atoms with E-state index in [0.29, 0.717) is 6.54 Å². The molecule has 0 heterocycles. The van der Waals surface area contributed by atoms with Gasteiger partial charge in [-0.2, -0.15) is 0 Å². The van der Waals surface area contributed by atoms with Crippen LogP contribution in [0, 0.1) is 5.41 Å². The molecule has 0 aromatic rings. The predicted molar refractivity (Wildman–Crippen MR) is 73.1 cm³/mol. The monoisotopic (exact) mass is 243 g/mol. The molecule has 102 valence electrons. The second kappa shape index (κ2) is 6.36. The highest BCUT2D eigenvalue weighted by Gasteiger charge is 2.19. The van der Waals surface area contributed by atoms with E-state index in [1.807, 2.05) is 20.8 Å². The van der Waals surface area contributed by atoms with Crippen LogP contribution in [0.1, 0.15) is 34.6 Å². The van der Waals surface area contributed by atoms with Crippen LogP contribution in [0.5, 0.6) is 0 Å². The van der Waals surface area contributed by atoms with Gasteiger partial charge in [0.2, 0.25) is 5.91 Å². The van der Waals surface area contributed by atoms with Crippen molar-refractivity contribution in [2.45, 2.75) is 40.2 Å². The van der Waals surface area contributed by atoms with Gasteiger partial charge in [-0.1, -0.05) is 13.8 Å². The van der Waals surface area contributed by atoms with Gasteiger partial charge in [-0.15, -0.1) is 0 Å². The molecule has 4 nitrogen and oxygen atoms in total. The predicted octanol–water partition coefficient (Wildman–Crippen LogP) is 1.08. The van der Waals surface area contributed by atoms with Gasteiger partial charge in [0.05, 0.1) is 6.54 Å². The summed E-state index contributed by atoms with van der Waals surface area (Å²) in [6.07, 6.45) is 0. The summed E-state index contributed by atoms with van der Waals surface area (Å²) in [6, 6.07) is 0. The summed E-state index contributed by atoms with van der Waals surface area (Å²) >= 11 is 0. The Labute approximate surface area is 106 Å². The smallest absolute Gasteiger partial charge is 0.234 e. The van der Waals surface area contributed by atoms with Crippen LogP contribution in [0.15, 0.2) is 0 Å². The fourth-order valence-electron chi connectivity index (χ4n) is 1.89. The number of hydrogen-bond donors (Lipinski definition) is 2. The zero-order valence-electron chi connectivity index (χ0n) is 12.5. The Morgan fingerprint density at radius 3 is 2.06 bits per heavy atom. The van der Waals surface area contributed by atoms with E-state index in [1.165, 1.54) is 0 Å². The van der Waals surface area contributed by atoms with Crippen molar-refractivity contribution < 1.29 is 4.79 Å². The van der Waals surface area contributed by atoms with Crippen molar-refractivity contribution in [3.8, 4) is 0 Å². The van der Waals surface area contributed by atoms with Crippen LogP contribution in [0.25, 0.3) is 0 Å². The summed E-state index contributed by atoms with van der Waals surface area (Å²) in [5, 5.41) is 6.15. The number of nitrogens with zero attached hydrogens (tertiary/aromatic N) is 1. The molecule has 0 atom stereocenters. The topological polar surface area (TPSA) is 44.4 Å². The minimum Gasteiger partial charge on any atom is -0.350 e. The van der Waals surface area contributed by atoms with Crippen LogP contribution in [-0.4, -0.2) is 50.1 Å². The Hall–Kier alpha value is -0.610. The second-order valence-corrected chi connectivity index (χ2v) is 6.80. The van der Waals surface area contributed by atoms with Crippen LogP contribution in [-0.2, 0) is 4.79 Å². The number of carbonyl (C=O) groups excluding carboxylic acids is 1. The molecular weight excluding hydrogens is 214 g/mol. The third-order valence-electron chi connectivity index (χ3n) is 2.15. The molecule has 0 aliphatic heterocycles. The average Bonchev–Trinajstić information content (AvgIpc) is 1.95. The molecule has 0 saturated heterocycles. The number of hydrogen-bond acceptors (Lipinski definition) is 3. The van der Waals surface area contributed by atoms with E-state index >= 15 is 0 Å². The van der Waals surface area contributed by atoms with Crippen molar-refractivity contribution in [1.29, 1.82) is 0 Å². The molecule has 0 radical (unpaired) electrons. The summed E-state index contributed by atoms with van der Waals surface area (Å²) in [7, 11) is 4.13. The molecule has 0 spiro atoms. The van der Waals surface area contributed by atoms with Crippen molar-refractivity contribution >= 4 is 5.91 Å². The first-order valence-electron chi connectivity index (χ1n) is 6.18. The Morgan fingerprint density at radius 1 is 1.12 bits per heavy atom. The van der Waals surface area contributed by atoms with Crippen molar-refractivity contribution in [1.82, 2.24) is 15.5 Å². The van der Waals surface area contributed by atoms with E-state index < -0.39 is 0 Å². The zero-order valence-corrected chi connectivity index (χ0v) is 12.5. The second-order valence-electron chi connectivity index (χ2n) is 6.80. The third kappa shape index (κ3) is 10.3. The van der Waals surface area contributed by atoms with Crippen LogP contribution in [0.4, 0.5) is 0 Å². The van der Waals surface area contributed by atoms with E-state index in [0.717, 1.165) is 13.1 Å². The fourth-order valence-corrected chi connectivity index (χ4v) is 1.89. The fraction of sp³-hybridized carbons (Fsp3) is 0.923. The molecule has 0 aromatic heterocycles. The van der Waals surface area contributed by atoms with E-state index in [-0.39, 0.29) is 16.9 Å². The first-order chi connectivity index (χ1) is 7.52. The maximum absolute atomic E-state index is 11.6. The molecule has 0 fully saturated rings. The molecule has 0 unspecified atom stereocenters. The van der Waals surface area contributed by atoms with Gasteiger partial charge in [0.1, 0.15) is 0 Å². The maximum Gasteiger partial charge on any atom is 0.234 e. The largest absolute Gasteiger partial charge is 0.350 e. The highest BCUT2D eigenvalue weighted by Crippen LogP contribution is 2.13. The average molecular weight is 243 g/mol. The summed E-state index contributed by atoms with van der Waals surface area (Å²) < 4.78 is 0. The van der Waals surface area contributed by atoms with Crippen molar-refractivity contribution in [3.05, 3.63) is 0 Å². The normalized spacial score (nSPS) is 12.9. The molecule has 2 N–H and O–H groups in total. The van der Waals surface area contributed by atoms with Crippen molar-refractivity contribution in [2.75, 3.05) is 33.7 Å². The van der Waals surface area contributed by atoms with E-state index in [9.17, 15) is 4.79 Å². The van der Waals surface area contributed by atoms with E-state index in [1.54, 1.807) is 0 Å². The van der Waals surface area contributed by atoms with Crippen LogP contribution < -0.4 is 10.6 Å². The van der Waals surface area contributed by atoms with Gasteiger partial charge in [0.25, 0.3) is 0 Å². The standard InChI is InChI=1S/C13H29N3O/c1-12(2,3)15-11(17)8-14-9-13(4,5)10-16(6)7/h14H,8-10H2,1-7H3,(H,15,17). The van der Waals surface area contributed by atoms with Gasteiger partial charge in [-0.3, -0.25) is 4.79 Å². The van der Waals surface area contributed by atoms with Gasteiger partial charge in [-0.25, -0.2) is 0 Å². The number of nitrogens with one attached hydrogen (secondary N) is 2. The highest BCUT2D eigenvalue weighted by molar-refractivity contribution is 5.78. The quantitative estimate of drug-likeness (QED) is 0.734. The molecule has 0 saturated carbocycles. The molecule has 0 aliphatic carbocycles. The zero-order chi connectivity index (χ0) is 13.7. The van der Waals surface area contributed by atoms with Gasteiger partial charge in [0, 0.05) is 18.6 Å². The molecule has 1 amide bonds. The first kappa shape index (κ1) is 16.4. The van der Waals surface area contributed by atoms with Crippen LogP contribution >= 0.6 is 0 Å². The lowest BCUT2D eigenvalue weighted by Gasteiger charge is -2.28. The molecule has 0 bridgehead atoms. The highest BCUT2D eigenvalue weighted by atomic mass is 16.2. The lowest BCUT2D eigenvalue weighted by molar-refractivity contribution is -0.121. The molecule has 4 heteroatoms. The summed E-state index contributed by atoms with van der Waals surface area (Å²) in [5.74, 6) is 0.0538. The minimum absolute atomic E-state index is 0.0538. The maximum atomic E-state index is 11.6. The van der Waals surface area contributed by atoms with Gasteiger partial charge < -0.3 is 15.5 Å². The van der Waals surface area contributed by atoms with Crippen LogP contribution in [0.3, 0.4) is 0 Å². The van der Waals surface area contributed by atoms with Crippen molar-refractivity contribution in [3.63, 3.8) is 0 Å². The Balaban J connectivity index is 3.87. The molecule has 17 heavy (non-hydrogen) atoms. The SMILES string of the molecule is CN(C)CC(C)(C)CNCC(=O)NC(C)(C)C. The Kier molecular flexibility index (Phi) is 6.13. The number of amides is 1. The minimum atomic E-state index is -0.155. The lowest BCUT2D eigenvalue weighted by Crippen LogP contribution is -2.46. The molecule has 0 aliphatic rings. The number of carbonyl (C=O) groups is 1. The van der Waals surface area contributed by atoms with E-state index in [2.05, 4.69) is 43.5 Å². The van der Waals surface area contributed by atoms with Crippen LogP contribution in [0.2, 0.25) is 0 Å². The molecular formula is C13H29N3O. The molecule has 0 aromatic carbocycles. The van der Waals surface area contributed by atoms with Gasteiger partial charge in [-0.05, 0) is 40.3 Å². The van der Waals surface area contributed by atoms with Gasteiger partial charge >= 0.3 is 0 Å². The third-order valence-corrected chi connectivity index (χ3v) is 2.15. The van der Waals surface area contributed by atoms with Gasteiger partial charge in [0.15, 0.2) is 0 Å². The Bertz CT molecular complexity index is 242. The summed E-state index contributed by atoms with van der Waals surface area (Å²) in [5.41, 5.74) is 0.0173. The molecule has 0 rings (SSSR count). The number of rotatable bonds is 6. The lowest BCUT2D eigenvalue weighted by atomic mass is 9.93.